The number of methoxy groups -OCH3 is 2. The Morgan fingerprint density at radius 2 is 1.93 bits per heavy atom. The van der Waals surface area contributed by atoms with Crippen molar-refractivity contribution in [1.29, 1.82) is 5.26 Å². The Kier molecular flexibility index (Phi) is 6.32. The molecule has 0 atom stereocenters. The molecule has 148 valence electrons. The van der Waals surface area contributed by atoms with Crippen molar-refractivity contribution in [3.63, 3.8) is 0 Å². The normalized spacial score (nSPS) is 12.3. The molecule has 0 spiro atoms. The molecule has 0 unspecified atom stereocenters. The lowest BCUT2D eigenvalue weighted by atomic mass is 10.1. The van der Waals surface area contributed by atoms with Gasteiger partial charge in [0.1, 0.15) is 16.6 Å². The summed E-state index contributed by atoms with van der Waals surface area (Å²) < 4.78 is 11.4. The molecule has 0 aliphatic heterocycles. The maximum Gasteiger partial charge on any atom is 0.175 e. The summed E-state index contributed by atoms with van der Waals surface area (Å²) in [6, 6.07) is 14.9. The van der Waals surface area contributed by atoms with Gasteiger partial charge in [0.05, 0.1) is 30.1 Å². The summed E-state index contributed by atoms with van der Waals surface area (Å²) in [4.78, 5) is 9.65. The number of rotatable bonds is 7. The fraction of sp³-hybridized carbons (Fsp3) is 0.190. The molecule has 0 amide bonds. The molecule has 7 nitrogen and oxygen atoms in total. The number of hydrogen-bond donors (Lipinski definition) is 1. The van der Waals surface area contributed by atoms with Gasteiger partial charge in [-0.2, -0.15) is 5.26 Å². The predicted octanol–water partition coefficient (Wildman–Crippen LogP) is 4.55. The van der Waals surface area contributed by atoms with E-state index in [1.54, 1.807) is 33.3 Å². The van der Waals surface area contributed by atoms with Crippen LogP contribution in [0.25, 0.3) is 15.8 Å². The minimum atomic E-state index is -0.247. The fourth-order valence-electron chi connectivity index (χ4n) is 2.59. The van der Waals surface area contributed by atoms with Gasteiger partial charge in [-0.05, 0) is 37.3 Å². The van der Waals surface area contributed by atoms with E-state index < -0.39 is 0 Å². The van der Waals surface area contributed by atoms with Gasteiger partial charge in [-0.25, -0.2) is 4.98 Å². The largest absolute Gasteiger partial charge is 0.507 e. The molecule has 0 aliphatic carbocycles. The summed E-state index contributed by atoms with van der Waals surface area (Å²) in [6.45, 7) is 1.52. The zero-order chi connectivity index (χ0) is 20.8. The van der Waals surface area contributed by atoms with E-state index in [-0.39, 0.29) is 17.9 Å². The van der Waals surface area contributed by atoms with Crippen LogP contribution in [-0.4, -0.2) is 36.6 Å². The van der Waals surface area contributed by atoms with Crippen molar-refractivity contribution in [3.05, 3.63) is 58.8 Å². The van der Waals surface area contributed by atoms with Crippen molar-refractivity contribution in [2.75, 3.05) is 20.8 Å². The van der Waals surface area contributed by atoms with Crippen molar-refractivity contribution in [2.24, 2.45) is 5.16 Å². The van der Waals surface area contributed by atoms with Gasteiger partial charge in [-0.3, -0.25) is 0 Å². The highest BCUT2D eigenvalue weighted by Gasteiger charge is 2.14. The molecule has 1 N–H and O–H groups in total. The van der Waals surface area contributed by atoms with E-state index in [2.05, 4.69) is 10.1 Å². The Hall–Kier alpha value is -3.57. The number of aliphatic hydroxyl groups is 1. The van der Waals surface area contributed by atoms with E-state index >= 15 is 0 Å². The fourth-order valence-corrected chi connectivity index (χ4v) is 3.57. The quantitative estimate of drug-likeness (QED) is 0.266. The second kappa shape index (κ2) is 9.08. The van der Waals surface area contributed by atoms with Crippen LogP contribution < -0.4 is 9.47 Å². The molecule has 0 saturated carbocycles. The van der Waals surface area contributed by atoms with Crippen LogP contribution in [0.1, 0.15) is 17.5 Å². The van der Waals surface area contributed by atoms with Crippen LogP contribution >= 0.6 is 11.3 Å². The Labute approximate surface area is 172 Å². The van der Waals surface area contributed by atoms with Crippen LogP contribution in [0.5, 0.6) is 11.5 Å². The number of aromatic nitrogens is 1. The van der Waals surface area contributed by atoms with Crippen LogP contribution in [0.2, 0.25) is 0 Å². The van der Waals surface area contributed by atoms with Crippen molar-refractivity contribution >= 4 is 32.8 Å². The van der Waals surface area contributed by atoms with Crippen molar-refractivity contribution in [1.82, 2.24) is 4.98 Å². The number of allylic oxidation sites excluding steroid dienone is 1. The minimum absolute atomic E-state index is 0.0742. The molecule has 8 heteroatoms. The summed E-state index contributed by atoms with van der Waals surface area (Å²) in [5, 5.41) is 24.2. The molecule has 0 fully saturated rings. The van der Waals surface area contributed by atoms with E-state index in [1.165, 1.54) is 11.3 Å². The number of nitrogens with zero attached hydrogens (tertiary/aromatic N) is 3. The number of oxime groups is 1. The molecule has 3 rings (SSSR count). The number of hydrogen-bond acceptors (Lipinski definition) is 8. The lowest BCUT2D eigenvalue weighted by molar-refractivity contribution is 0.138. The second-order valence-electron chi connectivity index (χ2n) is 5.94. The lowest BCUT2D eigenvalue weighted by Crippen LogP contribution is -2.02. The first-order valence-electron chi connectivity index (χ1n) is 8.64. The van der Waals surface area contributed by atoms with Crippen LogP contribution in [0.3, 0.4) is 0 Å². The average molecular weight is 409 g/mol. The van der Waals surface area contributed by atoms with Crippen molar-refractivity contribution < 1.29 is 19.4 Å². The van der Waals surface area contributed by atoms with Gasteiger partial charge in [0.15, 0.2) is 23.9 Å². The number of fused-ring (bicyclic) bond motifs is 1. The average Bonchev–Trinajstić information content (AvgIpc) is 3.17. The van der Waals surface area contributed by atoms with Crippen LogP contribution in [0.4, 0.5) is 0 Å². The topological polar surface area (TPSA) is 97.0 Å². The third-order valence-electron chi connectivity index (χ3n) is 4.11. The third-order valence-corrected chi connectivity index (χ3v) is 5.17. The first-order chi connectivity index (χ1) is 14.1. The molecule has 0 saturated heterocycles. The highest BCUT2D eigenvalue weighted by molar-refractivity contribution is 7.19. The molecule has 1 heterocycles. The Bertz CT molecular complexity index is 1100. The van der Waals surface area contributed by atoms with Gasteiger partial charge in [-0.15, -0.1) is 11.3 Å². The Balaban J connectivity index is 1.76. The SMILES string of the molecule is COc1ccc(/C(C)=N/OC/C(O)=C(/C#N)c2nc3ccccc3s2)cc1OC. The number of thiazole rings is 1. The van der Waals surface area contributed by atoms with Crippen molar-refractivity contribution in [2.45, 2.75) is 6.92 Å². The summed E-state index contributed by atoms with van der Waals surface area (Å²) in [7, 11) is 3.12. The molecule has 29 heavy (non-hydrogen) atoms. The standard InChI is InChI=1S/C21H19N3O4S/c1-13(14-8-9-18(26-2)19(10-14)27-3)24-28-12-17(25)15(11-22)21-23-16-6-4-5-7-20(16)29-21/h4-10,25H,12H2,1-3H3/b17-15+,24-13+. The summed E-state index contributed by atoms with van der Waals surface area (Å²) in [6.07, 6.45) is 0. The summed E-state index contributed by atoms with van der Waals surface area (Å²) in [5.74, 6) is 0.959. The van der Waals surface area contributed by atoms with Crippen molar-refractivity contribution in [3.8, 4) is 17.6 Å². The highest BCUT2D eigenvalue weighted by atomic mass is 32.1. The third kappa shape index (κ3) is 4.47. The van der Waals surface area contributed by atoms with Crippen LogP contribution in [0.15, 0.2) is 53.4 Å². The zero-order valence-electron chi connectivity index (χ0n) is 16.2. The molecule has 0 radical (unpaired) electrons. The molecular formula is C21H19N3O4S. The van der Waals surface area contributed by atoms with Crippen LogP contribution in [-0.2, 0) is 4.84 Å². The second-order valence-corrected chi connectivity index (χ2v) is 6.97. The number of aliphatic hydroxyl groups excluding tert-OH is 1. The van der Waals surface area contributed by atoms with Gasteiger partial charge in [-0.1, -0.05) is 17.3 Å². The maximum atomic E-state index is 10.3. The summed E-state index contributed by atoms with van der Waals surface area (Å²) >= 11 is 1.33. The van der Waals surface area contributed by atoms with E-state index in [0.717, 1.165) is 15.8 Å². The maximum absolute atomic E-state index is 10.3. The van der Waals surface area contributed by atoms with Gasteiger partial charge in [0, 0.05) is 5.56 Å². The van der Waals surface area contributed by atoms with Gasteiger partial charge in [0.25, 0.3) is 0 Å². The number of ether oxygens (including phenoxy) is 2. The Morgan fingerprint density at radius 3 is 2.62 bits per heavy atom. The molecule has 2 aromatic carbocycles. The van der Waals surface area contributed by atoms with Gasteiger partial charge >= 0.3 is 0 Å². The van der Waals surface area contributed by atoms with E-state index in [9.17, 15) is 10.4 Å². The first kappa shape index (κ1) is 20.2. The minimum Gasteiger partial charge on any atom is -0.507 e. The highest BCUT2D eigenvalue weighted by Crippen LogP contribution is 2.29. The molecule has 0 aliphatic rings. The molecule has 1 aromatic heterocycles. The van der Waals surface area contributed by atoms with E-state index in [1.807, 2.05) is 36.4 Å². The van der Waals surface area contributed by atoms with Gasteiger partial charge in [0.2, 0.25) is 0 Å². The predicted molar refractivity (Wildman–Crippen MR) is 112 cm³/mol. The smallest absolute Gasteiger partial charge is 0.175 e. The number of nitriles is 1. The van der Waals surface area contributed by atoms with E-state index in [4.69, 9.17) is 14.3 Å². The summed E-state index contributed by atoms with van der Waals surface area (Å²) in [5.41, 5.74) is 2.21. The Morgan fingerprint density at radius 1 is 1.17 bits per heavy atom. The number of benzene rings is 2. The van der Waals surface area contributed by atoms with E-state index in [0.29, 0.717) is 22.2 Å². The van der Waals surface area contributed by atoms with Crippen LogP contribution in [0, 0.1) is 11.3 Å². The monoisotopic (exact) mass is 409 g/mol. The molecule has 3 aromatic rings. The molecule has 0 bridgehead atoms. The molecular weight excluding hydrogens is 390 g/mol. The first-order valence-corrected chi connectivity index (χ1v) is 9.46. The zero-order valence-corrected chi connectivity index (χ0v) is 17.0. The lowest BCUT2D eigenvalue weighted by Gasteiger charge is -2.09. The number of para-hydroxylation sites is 1. The van der Waals surface area contributed by atoms with Gasteiger partial charge < -0.3 is 19.4 Å².